The second-order valence-corrected chi connectivity index (χ2v) is 16.3. The Hall–Kier alpha value is -3.60. The van der Waals surface area contributed by atoms with E-state index in [2.05, 4.69) is 73.4 Å². The molecular formula is C34H51BrCl2N4O8. The lowest BCUT2D eigenvalue weighted by atomic mass is 10.0. The van der Waals surface area contributed by atoms with E-state index in [1.165, 1.54) is 6.42 Å². The van der Waals surface area contributed by atoms with Crippen molar-refractivity contribution in [1.29, 1.82) is 0 Å². The van der Waals surface area contributed by atoms with E-state index in [1.54, 1.807) is 45.0 Å². The molecule has 0 heterocycles. The SMILES string of the molecule is CC(C)(C)OC(=O)Nc1cc(N)ccc1Cl.CCC(C)(C)Br.CCC(C)(C)Nc1ccc(Cl)c(NC(=O)OC(C)(C)C)c1.O=C=O.O=C=O. The average molecular weight is 795 g/mol. The summed E-state index contributed by atoms with van der Waals surface area (Å²) in [6.07, 6.45) is 1.59. The number of hydrogen-bond donors (Lipinski definition) is 4. The largest absolute Gasteiger partial charge is 0.444 e. The third-order valence-corrected chi connectivity index (χ3v) is 6.66. The number of hydrogen-bond acceptors (Lipinski definition) is 10. The number of ether oxygens (including phenoxy) is 2. The maximum absolute atomic E-state index is 11.8. The minimum Gasteiger partial charge on any atom is -0.444 e. The van der Waals surface area contributed by atoms with Gasteiger partial charge in [-0.2, -0.15) is 19.2 Å². The highest BCUT2D eigenvalue weighted by Gasteiger charge is 2.19. The van der Waals surface area contributed by atoms with Gasteiger partial charge in [-0.05, 0) is 105 Å². The summed E-state index contributed by atoms with van der Waals surface area (Å²) in [7, 11) is 0. The molecule has 2 aromatic carbocycles. The fraction of sp³-hybridized carbons (Fsp3) is 0.529. The van der Waals surface area contributed by atoms with Gasteiger partial charge in [0.2, 0.25) is 0 Å². The number of nitrogens with two attached hydrogens (primary N) is 1. The van der Waals surface area contributed by atoms with Gasteiger partial charge in [-0.1, -0.05) is 66.8 Å². The number of halogens is 3. The van der Waals surface area contributed by atoms with Crippen LogP contribution in [0.4, 0.5) is 32.3 Å². The van der Waals surface area contributed by atoms with E-state index in [9.17, 15) is 9.59 Å². The molecule has 0 unspecified atom stereocenters. The Morgan fingerprint density at radius 2 is 1.06 bits per heavy atom. The van der Waals surface area contributed by atoms with Crippen molar-refractivity contribution in [1.82, 2.24) is 0 Å². The van der Waals surface area contributed by atoms with Crippen LogP contribution in [0, 0.1) is 0 Å². The molecule has 2 aromatic rings. The summed E-state index contributed by atoms with van der Waals surface area (Å²) in [6, 6.07) is 10.3. The van der Waals surface area contributed by atoms with Crippen LogP contribution in [0.15, 0.2) is 36.4 Å². The molecule has 0 bridgehead atoms. The normalized spacial score (nSPS) is 10.5. The monoisotopic (exact) mass is 792 g/mol. The Labute approximate surface area is 308 Å². The minimum atomic E-state index is -0.556. The third-order valence-electron chi connectivity index (χ3n) is 5.44. The molecule has 0 atom stereocenters. The van der Waals surface area contributed by atoms with Crippen LogP contribution in [-0.2, 0) is 28.7 Å². The summed E-state index contributed by atoms with van der Waals surface area (Å²) in [5, 5.41) is 9.51. The molecule has 2 amide bonds. The van der Waals surface area contributed by atoms with Crippen molar-refractivity contribution in [2.45, 2.75) is 117 Å². The Balaban J connectivity index is -0.000000662. The molecule has 5 N–H and O–H groups in total. The van der Waals surface area contributed by atoms with Crippen LogP contribution in [0.5, 0.6) is 0 Å². The van der Waals surface area contributed by atoms with Gasteiger partial charge in [0.15, 0.2) is 0 Å². The number of benzene rings is 2. The lowest BCUT2D eigenvalue weighted by Crippen LogP contribution is -2.29. The second kappa shape index (κ2) is 23.7. The van der Waals surface area contributed by atoms with Gasteiger partial charge in [0.05, 0.1) is 21.4 Å². The van der Waals surface area contributed by atoms with E-state index in [0.717, 1.165) is 12.1 Å². The molecule has 15 heteroatoms. The molecule has 12 nitrogen and oxygen atoms in total. The van der Waals surface area contributed by atoms with Gasteiger partial charge in [0.25, 0.3) is 0 Å². The number of alkyl halides is 1. The predicted octanol–water partition coefficient (Wildman–Crippen LogP) is 9.96. The third kappa shape index (κ3) is 30.2. The molecule has 49 heavy (non-hydrogen) atoms. The summed E-state index contributed by atoms with van der Waals surface area (Å²) < 4.78 is 10.7. The lowest BCUT2D eigenvalue weighted by molar-refractivity contribution is -0.193. The van der Waals surface area contributed by atoms with Crippen molar-refractivity contribution in [2.24, 2.45) is 0 Å². The van der Waals surface area contributed by atoms with E-state index in [4.69, 9.17) is 57.6 Å². The summed E-state index contributed by atoms with van der Waals surface area (Å²) in [4.78, 5) is 55.8. The van der Waals surface area contributed by atoms with Crippen molar-refractivity contribution in [3.8, 4) is 0 Å². The molecule has 0 aromatic heterocycles. The first-order valence-corrected chi connectivity index (χ1v) is 16.5. The number of anilines is 4. The zero-order valence-electron chi connectivity index (χ0n) is 30.4. The Kier molecular flexibility index (Phi) is 24.1. The second-order valence-electron chi connectivity index (χ2n) is 13.3. The van der Waals surface area contributed by atoms with E-state index in [1.807, 2.05) is 32.9 Å². The minimum absolute atomic E-state index is 0.0307. The molecule has 0 radical (unpaired) electrons. The van der Waals surface area contributed by atoms with Crippen molar-refractivity contribution in [3.05, 3.63) is 46.4 Å². The van der Waals surface area contributed by atoms with Crippen molar-refractivity contribution in [2.75, 3.05) is 21.7 Å². The summed E-state index contributed by atoms with van der Waals surface area (Å²) in [6.45, 7) is 23.6. The predicted molar refractivity (Wildman–Crippen MR) is 198 cm³/mol. The standard InChI is InChI=1S/C16H25ClN2O2.C11H15ClN2O2.C5H11Br.2CO2/c1-7-16(5,6)19-11-8-9-12(17)13(10-11)18-14(20)21-15(2,3)4;1-11(2,3)16-10(15)14-9-6-7(13)4-5-8(9)12;1-4-5(2,3)6;2*2-1-3/h8-10,19H,7H2,1-6H3,(H,18,20);4-6H,13H2,1-3H3,(H,14,15);4H2,1-3H3;;. The molecule has 0 aliphatic rings. The van der Waals surface area contributed by atoms with Gasteiger partial charge in [-0.3, -0.25) is 10.6 Å². The molecule has 0 spiro atoms. The fourth-order valence-electron chi connectivity index (χ4n) is 2.64. The molecule has 0 aliphatic heterocycles. The molecule has 0 saturated heterocycles. The van der Waals surface area contributed by atoms with E-state index in [0.29, 0.717) is 31.4 Å². The van der Waals surface area contributed by atoms with Crippen molar-refractivity contribution < 1.29 is 38.2 Å². The molecule has 0 aliphatic carbocycles. The number of amides is 2. The zero-order chi connectivity index (χ0) is 39.2. The Bertz CT molecular complexity index is 1360. The first-order chi connectivity index (χ1) is 22.2. The van der Waals surface area contributed by atoms with Gasteiger partial charge in [0.1, 0.15) is 11.2 Å². The maximum atomic E-state index is 11.8. The smallest absolute Gasteiger partial charge is 0.412 e. The number of carbonyl (C=O) groups excluding carboxylic acids is 6. The first kappa shape index (κ1) is 49.8. The topological polar surface area (TPSA) is 183 Å². The Morgan fingerprint density at radius 1 is 0.714 bits per heavy atom. The quantitative estimate of drug-likeness (QED) is 0.162. The van der Waals surface area contributed by atoms with Gasteiger partial charge >= 0.3 is 24.5 Å². The number of rotatable bonds is 6. The lowest BCUT2D eigenvalue weighted by Gasteiger charge is -2.26. The summed E-state index contributed by atoms with van der Waals surface area (Å²) in [5.41, 5.74) is 6.85. The highest BCUT2D eigenvalue weighted by atomic mass is 79.9. The van der Waals surface area contributed by atoms with Crippen LogP contribution in [0.1, 0.15) is 95.9 Å². The first-order valence-electron chi connectivity index (χ1n) is 15.0. The highest BCUT2D eigenvalue weighted by Crippen LogP contribution is 2.28. The van der Waals surface area contributed by atoms with Gasteiger partial charge in [-0.25, -0.2) is 9.59 Å². The van der Waals surface area contributed by atoms with E-state index in [-0.39, 0.29) is 17.8 Å². The summed E-state index contributed by atoms with van der Waals surface area (Å²) in [5.74, 6) is 0. The van der Waals surface area contributed by atoms with Crippen LogP contribution in [0.25, 0.3) is 0 Å². The van der Waals surface area contributed by atoms with Gasteiger partial charge in [0, 0.05) is 21.2 Å². The van der Waals surface area contributed by atoms with Crippen molar-refractivity contribution >= 4 is 86.4 Å². The van der Waals surface area contributed by atoms with Gasteiger partial charge in [-0.15, -0.1) is 0 Å². The van der Waals surface area contributed by atoms with Crippen LogP contribution in [0.3, 0.4) is 0 Å². The Morgan fingerprint density at radius 3 is 1.39 bits per heavy atom. The average Bonchev–Trinajstić information content (AvgIpc) is 2.91. The van der Waals surface area contributed by atoms with Crippen LogP contribution < -0.4 is 21.7 Å². The highest BCUT2D eigenvalue weighted by molar-refractivity contribution is 9.10. The van der Waals surface area contributed by atoms with Crippen LogP contribution >= 0.6 is 39.1 Å². The van der Waals surface area contributed by atoms with E-state index < -0.39 is 23.4 Å². The number of nitrogens with one attached hydrogen (secondary N) is 3. The molecule has 0 saturated carbocycles. The molecule has 276 valence electrons. The van der Waals surface area contributed by atoms with Crippen molar-refractivity contribution in [3.63, 3.8) is 0 Å². The van der Waals surface area contributed by atoms with Crippen LogP contribution in [0.2, 0.25) is 10.0 Å². The zero-order valence-corrected chi connectivity index (χ0v) is 33.5. The molecular weight excluding hydrogens is 743 g/mol. The van der Waals surface area contributed by atoms with Crippen LogP contribution in [-0.4, -0.2) is 45.6 Å². The summed E-state index contributed by atoms with van der Waals surface area (Å²) >= 11 is 15.5. The van der Waals surface area contributed by atoms with E-state index >= 15 is 0 Å². The fourth-order valence-corrected chi connectivity index (χ4v) is 2.97. The number of carbonyl (C=O) groups is 2. The molecule has 0 fully saturated rings. The van der Waals surface area contributed by atoms with Gasteiger partial charge < -0.3 is 20.5 Å². The maximum Gasteiger partial charge on any atom is 0.412 e. The molecule has 2 rings (SSSR count). The number of nitrogen functional groups attached to an aromatic ring is 1.